The molecule has 3 fully saturated rings. The molecule has 9 rings (SSSR count). The van der Waals surface area contributed by atoms with Gasteiger partial charge in [0.2, 0.25) is 0 Å². The number of hydrogen-bond donors (Lipinski definition) is 4. The van der Waals surface area contributed by atoms with Crippen molar-refractivity contribution in [2.75, 3.05) is 19.6 Å². The van der Waals surface area contributed by atoms with Crippen LogP contribution in [0.15, 0.2) is 65.7 Å². The molecule has 72 heavy (non-hydrogen) atoms. The number of rotatable bonds is 6. The standard InChI is InChI=1S/C39H47N7O4.C12H18BrN3O2.2HI.In.V/c1-23-20-28-26(16-17-27(33(28)42-23)30-22-41-35(44-30)32-11-9-19-46(32)37(48)50-39(5,6)7)24-12-14-25(15-13-24)29-21-40-34(43-29)31-10-8-18-45(31)36(47)49-38(2,3)4;1-12(2,3)18-11(17)16-6-4-5-8(16)10-14-7-9(13)15-10;;;;/h12-17,20-22,31-32,42H,8-11,18-19H2,1-7H3,(H,40,43)(H,41,44);7-8H,4-6H2,1-3H3,(H,14,15);2*1H;;/q;;;;;+2/p-2/t31-,32-;8-;;;;/m00..../s1. The number of carbonyl (C=O) groups excluding carboxylic acids is 3. The third-order valence-electron chi connectivity index (χ3n) is 12.1. The molecular weight excluding hydrogens is 1350 g/mol. The van der Waals surface area contributed by atoms with E-state index in [0.29, 0.717) is 22.6 Å². The maximum absolute atomic E-state index is 12.9. The fraction of sp³-hybridized carbons (Fsp3) is 0.490. The molecule has 4 N–H and O–H groups in total. The van der Waals surface area contributed by atoms with Crippen molar-refractivity contribution in [3.05, 3.63) is 88.8 Å². The molecule has 4 aromatic heterocycles. The summed E-state index contributed by atoms with van der Waals surface area (Å²) in [5.74, 6) is 2.36. The average Bonchev–Trinajstić information content (AvgIpc) is 4.13. The number of aromatic nitrogens is 7. The average molecular weight is 1410 g/mol. The maximum Gasteiger partial charge on any atom is 0 e. The summed E-state index contributed by atoms with van der Waals surface area (Å²) in [7, 11) is 0.628. The van der Waals surface area contributed by atoms with E-state index in [1.807, 2.05) is 74.7 Å². The Bertz CT molecular complexity index is 2800. The number of aryl methyl sites for hydroxylation is 1. The molecule has 3 aliphatic heterocycles. The molecule has 3 radical (unpaired) electrons. The molecule has 0 spiro atoms. The summed E-state index contributed by atoms with van der Waals surface area (Å²) in [6, 6.07) is 14.6. The largest absolute Gasteiger partial charge is 0 e. The molecule has 0 bridgehead atoms. The molecule has 0 saturated carbocycles. The van der Waals surface area contributed by atoms with E-state index < -0.39 is 16.8 Å². The number of nitrogens with one attached hydrogen (secondary N) is 4. The Labute approximate surface area is 478 Å². The summed E-state index contributed by atoms with van der Waals surface area (Å²) in [6.45, 7) is 21.0. The summed E-state index contributed by atoms with van der Waals surface area (Å²) in [5.41, 5.74) is 6.59. The number of amides is 3. The number of aromatic amines is 4. The fourth-order valence-corrected chi connectivity index (χ4v) is 9.51. The van der Waals surface area contributed by atoms with Gasteiger partial charge in [0.05, 0.1) is 53.6 Å². The van der Waals surface area contributed by atoms with E-state index in [2.05, 4.69) is 135 Å². The number of ether oxygens (including phenoxy) is 3. The van der Waals surface area contributed by atoms with Crippen LogP contribution in [-0.2, 0) is 23.7 Å². The second kappa shape index (κ2) is 24.7. The third kappa shape index (κ3) is 14.8. The number of carbonyl (C=O) groups is 3. The summed E-state index contributed by atoms with van der Waals surface area (Å²) in [4.78, 5) is 70.6. The monoisotopic (exact) mass is 1410 g/mol. The van der Waals surface area contributed by atoms with Gasteiger partial charge in [0.25, 0.3) is 0 Å². The van der Waals surface area contributed by atoms with Crippen LogP contribution in [0, 0.1) is 6.92 Å². The predicted molar refractivity (Wildman–Crippen MR) is 298 cm³/mol. The second-order valence-corrected chi connectivity index (χ2v) is 33.7. The first-order chi connectivity index (χ1) is 33.5. The Morgan fingerprint density at radius 2 is 0.986 bits per heavy atom. The zero-order chi connectivity index (χ0) is 51.4. The SMILES string of the molecule is CC(C)(C)OC(=O)N1CCC[C@H]1c1ncc(Br)[nH]1.Cc1cc2c(-c3ccc(-c4cnc([C@@H]5CCCN5C(=O)OC(C)(C)C)[nH]4)cc3)ccc(-c3cnc([C@@H]4CCCN4C(=O)OC(C)(C)C)[nH]3)c2[nH]1.[I][V][I].[In]. The van der Waals surface area contributed by atoms with Gasteiger partial charge in [0, 0.05) is 62.1 Å². The summed E-state index contributed by atoms with van der Waals surface area (Å²) in [5, 5.41) is 1.12. The quantitative estimate of drug-likeness (QED) is 0.0928. The van der Waals surface area contributed by atoms with Crippen LogP contribution >= 0.6 is 55.9 Å². The van der Waals surface area contributed by atoms with Crippen LogP contribution in [0.1, 0.15) is 142 Å². The first-order valence-electron chi connectivity index (χ1n) is 24.0. The van der Waals surface area contributed by atoms with Crippen LogP contribution in [-0.4, -0.2) is 130 Å². The van der Waals surface area contributed by atoms with Crippen molar-refractivity contribution in [3.8, 4) is 33.6 Å². The van der Waals surface area contributed by atoms with Gasteiger partial charge < -0.3 is 34.1 Å². The molecule has 6 aromatic rings. The minimum absolute atomic E-state index is 0. The number of nitrogens with zero attached hydrogens (tertiary/aromatic N) is 6. The molecule has 0 unspecified atom stereocenters. The van der Waals surface area contributed by atoms with Crippen LogP contribution in [0.5, 0.6) is 0 Å². The van der Waals surface area contributed by atoms with Crippen molar-refractivity contribution < 1.29 is 38.1 Å². The number of halogens is 3. The van der Waals surface area contributed by atoms with E-state index in [1.54, 1.807) is 20.9 Å². The molecule has 21 heteroatoms. The second-order valence-electron chi connectivity index (χ2n) is 21.0. The number of hydrogen-bond acceptors (Lipinski definition) is 9. The van der Waals surface area contributed by atoms with E-state index >= 15 is 0 Å². The molecule has 384 valence electrons. The summed E-state index contributed by atoms with van der Waals surface area (Å²) >= 11 is 8.07. The van der Waals surface area contributed by atoms with Crippen LogP contribution in [0.25, 0.3) is 44.5 Å². The molecule has 16 nitrogen and oxygen atoms in total. The van der Waals surface area contributed by atoms with Gasteiger partial charge >= 0.3 is 67.7 Å². The Morgan fingerprint density at radius 1 is 0.597 bits per heavy atom. The first kappa shape index (κ1) is 58.1. The van der Waals surface area contributed by atoms with Crippen molar-refractivity contribution >= 4 is 111 Å². The fourth-order valence-electron chi connectivity index (χ4n) is 9.21. The minimum Gasteiger partial charge on any atom is 0 e. The van der Waals surface area contributed by atoms with Crippen molar-refractivity contribution in [1.82, 2.24) is 49.6 Å². The van der Waals surface area contributed by atoms with Crippen molar-refractivity contribution in [1.29, 1.82) is 0 Å². The molecule has 3 atom stereocenters. The zero-order valence-corrected chi connectivity index (χ0v) is 53.3. The Balaban J connectivity index is 0.000000322. The molecule has 3 amide bonds. The van der Waals surface area contributed by atoms with E-state index in [-0.39, 0.29) is 62.2 Å². The van der Waals surface area contributed by atoms with Crippen LogP contribution in [0.4, 0.5) is 14.4 Å². The first-order valence-corrected chi connectivity index (χ1v) is 33.8. The normalized spacial score (nSPS) is 18.0. The summed E-state index contributed by atoms with van der Waals surface area (Å²) in [6.07, 6.45) is 9.93. The number of imidazole rings is 3. The van der Waals surface area contributed by atoms with Crippen LogP contribution < -0.4 is 0 Å². The van der Waals surface area contributed by atoms with Gasteiger partial charge in [-0.2, -0.15) is 0 Å². The number of benzene rings is 2. The molecule has 3 saturated heterocycles. The summed E-state index contributed by atoms with van der Waals surface area (Å²) < 4.78 is 17.6. The maximum atomic E-state index is 12.9. The smallest absolute Gasteiger partial charge is 0 e. The van der Waals surface area contributed by atoms with Gasteiger partial charge in [-0.15, -0.1) is 0 Å². The van der Waals surface area contributed by atoms with Crippen LogP contribution in [0.3, 0.4) is 0 Å². The zero-order valence-electron chi connectivity index (χ0n) is 42.7. The van der Waals surface area contributed by atoms with Gasteiger partial charge in [0.15, 0.2) is 0 Å². The Kier molecular flexibility index (Phi) is 19.9. The van der Waals surface area contributed by atoms with E-state index in [0.717, 1.165) is 117 Å². The molecule has 2 aromatic carbocycles. The minimum atomic E-state index is -0.553. The van der Waals surface area contributed by atoms with Gasteiger partial charge in [-0.25, -0.2) is 29.3 Å². The van der Waals surface area contributed by atoms with E-state index in [4.69, 9.17) is 19.2 Å². The van der Waals surface area contributed by atoms with Crippen molar-refractivity contribution in [3.63, 3.8) is 0 Å². The molecular formula is C51H65BrI2InN10O6V. The predicted octanol–water partition coefficient (Wildman–Crippen LogP) is 13.7. The molecule has 7 heterocycles. The van der Waals surface area contributed by atoms with Crippen LogP contribution in [0.2, 0.25) is 0 Å². The van der Waals surface area contributed by atoms with E-state index in [1.165, 1.54) is 0 Å². The molecule has 0 aliphatic carbocycles. The van der Waals surface area contributed by atoms with Gasteiger partial charge in [-0.05, 0) is 146 Å². The van der Waals surface area contributed by atoms with E-state index in [9.17, 15) is 14.4 Å². The number of fused-ring (bicyclic) bond motifs is 1. The van der Waals surface area contributed by atoms with Crippen molar-refractivity contribution in [2.24, 2.45) is 0 Å². The molecule has 3 aliphatic rings. The van der Waals surface area contributed by atoms with Gasteiger partial charge in [-0.1, -0.05) is 36.4 Å². The Hall–Kier alpha value is -3.19. The topological polar surface area (TPSA) is 190 Å². The third-order valence-corrected chi connectivity index (χ3v) is 12.5. The van der Waals surface area contributed by atoms with Crippen molar-refractivity contribution in [2.45, 2.75) is 143 Å². The number of H-pyrrole nitrogens is 4. The number of likely N-dealkylation sites (tertiary alicyclic amines) is 3. The Morgan fingerprint density at radius 3 is 1.42 bits per heavy atom. The van der Waals surface area contributed by atoms with Gasteiger partial charge in [-0.3, -0.25) is 14.7 Å². The van der Waals surface area contributed by atoms with Gasteiger partial charge in [0.1, 0.15) is 38.9 Å².